The minimum absolute atomic E-state index is 0.0210. The number of carboxylic acid groups (broad SMARTS) is 1. The highest BCUT2D eigenvalue weighted by Crippen LogP contribution is 2.45. The van der Waals surface area contributed by atoms with Crippen LogP contribution in [0.25, 0.3) is 10.9 Å². The zero-order valence-corrected chi connectivity index (χ0v) is 16.2. The molecule has 28 heavy (non-hydrogen) atoms. The van der Waals surface area contributed by atoms with Crippen molar-refractivity contribution in [1.82, 2.24) is 4.57 Å². The van der Waals surface area contributed by atoms with Gasteiger partial charge in [0.1, 0.15) is 11.3 Å². The van der Waals surface area contributed by atoms with Crippen LogP contribution in [0.15, 0.2) is 17.1 Å². The number of nitrogens with two attached hydrogens (primary N) is 1. The maximum Gasteiger partial charge on any atom is 0.341 e. The SMILES string of the molecule is COc1c(N2CC(N)C(C)(C)C2)c(F)cc2c(=O)c(C(=O)O)cn(C3CC3)c12. The summed E-state index contributed by atoms with van der Waals surface area (Å²) in [5.41, 5.74) is 5.68. The van der Waals surface area contributed by atoms with Crippen LogP contribution in [0.4, 0.5) is 10.1 Å². The van der Waals surface area contributed by atoms with E-state index in [2.05, 4.69) is 0 Å². The van der Waals surface area contributed by atoms with Gasteiger partial charge in [-0.05, 0) is 24.3 Å². The largest absolute Gasteiger partial charge is 0.492 e. The highest BCUT2D eigenvalue weighted by Gasteiger charge is 2.40. The van der Waals surface area contributed by atoms with Crippen molar-refractivity contribution in [3.63, 3.8) is 0 Å². The first-order valence-corrected chi connectivity index (χ1v) is 9.35. The van der Waals surface area contributed by atoms with E-state index in [0.29, 0.717) is 18.6 Å². The molecule has 7 nitrogen and oxygen atoms in total. The van der Waals surface area contributed by atoms with E-state index >= 15 is 4.39 Å². The molecule has 1 aromatic heterocycles. The van der Waals surface area contributed by atoms with Gasteiger partial charge < -0.3 is 25.0 Å². The summed E-state index contributed by atoms with van der Waals surface area (Å²) in [5, 5.41) is 9.42. The smallest absolute Gasteiger partial charge is 0.341 e. The van der Waals surface area contributed by atoms with Crippen LogP contribution in [0.2, 0.25) is 0 Å². The van der Waals surface area contributed by atoms with Gasteiger partial charge in [0.25, 0.3) is 0 Å². The van der Waals surface area contributed by atoms with Crippen LogP contribution < -0.4 is 20.8 Å². The molecule has 0 bridgehead atoms. The lowest BCUT2D eigenvalue weighted by Crippen LogP contribution is -2.35. The Hall–Kier alpha value is -2.61. The first-order valence-electron chi connectivity index (χ1n) is 9.35. The van der Waals surface area contributed by atoms with Crippen molar-refractivity contribution in [2.24, 2.45) is 11.1 Å². The van der Waals surface area contributed by atoms with Gasteiger partial charge in [-0.2, -0.15) is 0 Å². The van der Waals surface area contributed by atoms with E-state index in [4.69, 9.17) is 10.5 Å². The second-order valence-electron chi connectivity index (χ2n) is 8.43. The fourth-order valence-electron chi connectivity index (χ4n) is 4.05. The topological polar surface area (TPSA) is 97.8 Å². The van der Waals surface area contributed by atoms with Gasteiger partial charge >= 0.3 is 5.97 Å². The molecule has 150 valence electrons. The Balaban J connectivity index is 2.03. The maximum atomic E-state index is 15.2. The van der Waals surface area contributed by atoms with Gasteiger partial charge in [0, 0.05) is 31.4 Å². The molecule has 1 saturated carbocycles. The lowest BCUT2D eigenvalue weighted by atomic mass is 9.89. The van der Waals surface area contributed by atoms with Gasteiger partial charge in [-0.1, -0.05) is 13.8 Å². The second kappa shape index (κ2) is 6.20. The van der Waals surface area contributed by atoms with Gasteiger partial charge in [0.05, 0.1) is 18.0 Å². The molecule has 2 aromatic rings. The number of hydrogen-bond acceptors (Lipinski definition) is 5. The summed E-state index contributed by atoms with van der Waals surface area (Å²) >= 11 is 0. The summed E-state index contributed by atoms with van der Waals surface area (Å²) in [4.78, 5) is 26.1. The van der Waals surface area contributed by atoms with Gasteiger partial charge in [-0.25, -0.2) is 9.18 Å². The van der Waals surface area contributed by atoms with E-state index in [-0.39, 0.29) is 39.9 Å². The molecule has 0 radical (unpaired) electrons. The Morgan fingerprint density at radius 3 is 2.57 bits per heavy atom. The average molecular weight is 389 g/mol. The molecule has 4 rings (SSSR count). The quantitative estimate of drug-likeness (QED) is 0.833. The number of pyridine rings is 1. The summed E-state index contributed by atoms with van der Waals surface area (Å²) in [6.07, 6.45) is 3.09. The Labute approximate surface area is 161 Å². The van der Waals surface area contributed by atoms with E-state index in [9.17, 15) is 14.7 Å². The normalized spacial score (nSPS) is 21.3. The van der Waals surface area contributed by atoms with Gasteiger partial charge in [-0.3, -0.25) is 4.79 Å². The number of aromatic nitrogens is 1. The van der Waals surface area contributed by atoms with E-state index in [1.807, 2.05) is 18.7 Å². The van der Waals surface area contributed by atoms with Crippen LogP contribution in [0.3, 0.4) is 0 Å². The molecule has 0 spiro atoms. The van der Waals surface area contributed by atoms with Crippen LogP contribution in [-0.4, -0.2) is 41.9 Å². The predicted octanol–water partition coefficient (Wildman–Crippen LogP) is 2.36. The molecule has 0 amide bonds. The molecule has 1 aromatic carbocycles. The second-order valence-corrected chi connectivity index (χ2v) is 8.43. The molecule has 8 heteroatoms. The van der Waals surface area contributed by atoms with Crippen LogP contribution in [0.5, 0.6) is 5.75 Å². The number of benzene rings is 1. The summed E-state index contributed by atoms with van der Waals surface area (Å²) < 4.78 is 22.6. The number of carbonyl (C=O) groups is 1. The van der Waals surface area contributed by atoms with Crippen molar-refractivity contribution >= 4 is 22.6 Å². The summed E-state index contributed by atoms with van der Waals surface area (Å²) in [6, 6.07) is 1.08. The predicted molar refractivity (Wildman–Crippen MR) is 104 cm³/mol. The average Bonchev–Trinajstić information content (AvgIpc) is 3.41. The number of fused-ring (bicyclic) bond motifs is 1. The highest BCUT2D eigenvalue weighted by atomic mass is 19.1. The molecule has 1 aliphatic heterocycles. The van der Waals surface area contributed by atoms with E-state index < -0.39 is 17.2 Å². The third-order valence-corrected chi connectivity index (χ3v) is 5.91. The number of anilines is 1. The van der Waals surface area contributed by atoms with Gasteiger partial charge in [0.15, 0.2) is 11.6 Å². The number of hydrogen-bond donors (Lipinski definition) is 2. The number of aromatic carboxylic acids is 1. The first-order chi connectivity index (χ1) is 13.2. The fraction of sp³-hybridized carbons (Fsp3) is 0.500. The van der Waals surface area contributed by atoms with Crippen molar-refractivity contribution in [2.75, 3.05) is 25.1 Å². The number of rotatable bonds is 4. The minimum Gasteiger partial charge on any atom is -0.492 e. The molecule has 1 atom stereocenters. The highest BCUT2D eigenvalue weighted by molar-refractivity contribution is 5.97. The van der Waals surface area contributed by atoms with Gasteiger partial charge in [-0.15, -0.1) is 0 Å². The standard InChI is InChI=1S/C20H24FN3O4/c1-20(2)9-23(8-14(20)22)16-13(21)6-11-15(18(16)28-3)24(10-4-5-10)7-12(17(11)25)19(26)27/h6-7,10,14H,4-5,8-9,22H2,1-3H3,(H,26,27). The lowest BCUT2D eigenvalue weighted by molar-refractivity contribution is 0.0695. The minimum atomic E-state index is -1.32. The Morgan fingerprint density at radius 1 is 1.39 bits per heavy atom. The molecular weight excluding hydrogens is 365 g/mol. The Morgan fingerprint density at radius 2 is 2.07 bits per heavy atom. The molecular formula is C20H24FN3O4. The van der Waals surface area contributed by atoms with Crippen molar-refractivity contribution in [3.8, 4) is 5.75 Å². The summed E-state index contributed by atoms with van der Waals surface area (Å²) in [5.74, 6) is -1.69. The van der Waals surface area contributed by atoms with Crippen molar-refractivity contribution in [1.29, 1.82) is 0 Å². The molecule has 3 N–H and O–H groups in total. The number of carboxylic acids is 1. The zero-order valence-electron chi connectivity index (χ0n) is 16.2. The molecule has 2 aliphatic rings. The number of halogens is 1. The number of methoxy groups -OCH3 is 1. The van der Waals surface area contributed by atoms with Crippen LogP contribution in [-0.2, 0) is 0 Å². The first kappa shape index (κ1) is 18.7. The van der Waals surface area contributed by atoms with E-state index in [1.165, 1.54) is 13.3 Å². The Kier molecular flexibility index (Phi) is 4.15. The summed E-state index contributed by atoms with van der Waals surface area (Å²) in [6.45, 7) is 5.07. The van der Waals surface area contributed by atoms with Crippen LogP contribution in [0.1, 0.15) is 43.1 Å². The van der Waals surface area contributed by atoms with E-state index in [1.54, 1.807) is 4.57 Å². The fourth-order valence-corrected chi connectivity index (χ4v) is 4.05. The molecule has 2 heterocycles. The molecule has 1 unspecified atom stereocenters. The number of nitrogens with zero attached hydrogens (tertiary/aromatic N) is 2. The van der Waals surface area contributed by atoms with Crippen molar-refractivity contribution in [3.05, 3.63) is 33.9 Å². The summed E-state index contributed by atoms with van der Waals surface area (Å²) in [7, 11) is 1.44. The monoisotopic (exact) mass is 389 g/mol. The van der Waals surface area contributed by atoms with Crippen LogP contribution >= 0.6 is 0 Å². The third kappa shape index (κ3) is 2.74. The van der Waals surface area contributed by atoms with Gasteiger partial charge in [0.2, 0.25) is 5.43 Å². The van der Waals surface area contributed by atoms with Crippen LogP contribution in [0, 0.1) is 11.2 Å². The number of ether oxygens (including phenoxy) is 1. The zero-order chi connectivity index (χ0) is 20.4. The lowest BCUT2D eigenvalue weighted by Gasteiger charge is -2.26. The maximum absolute atomic E-state index is 15.2. The molecule has 1 aliphatic carbocycles. The molecule has 2 fully saturated rings. The van der Waals surface area contributed by atoms with Crippen molar-refractivity contribution < 1.29 is 19.0 Å². The molecule has 1 saturated heterocycles. The van der Waals surface area contributed by atoms with E-state index in [0.717, 1.165) is 18.9 Å². The Bertz CT molecular complexity index is 1040. The van der Waals surface area contributed by atoms with Crippen molar-refractivity contribution in [2.45, 2.75) is 38.8 Å². The third-order valence-electron chi connectivity index (χ3n) is 5.91.